The quantitative estimate of drug-likeness (QED) is 0.333. The minimum absolute atomic E-state index is 0.214. The number of aromatic nitrogens is 3. The number of nitrogens with zero attached hydrogens (tertiary/aromatic N) is 3. The molecule has 0 aliphatic rings. The molecule has 2 aromatic heterocycles. The van der Waals surface area contributed by atoms with Crippen molar-refractivity contribution >= 4 is 39.8 Å². The molecular formula is C22H18ClF2N5OS. The highest BCUT2D eigenvalue weighted by Crippen LogP contribution is 2.34. The smallest absolute Gasteiger partial charge is 0.231 e. The van der Waals surface area contributed by atoms with Crippen molar-refractivity contribution in [3.05, 3.63) is 76.6 Å². The summed E-state index contributed by atoms with van der Waals surface area (Å²) >= 11 is 7.65. The first-order valence-electron chi connectivity index (χ1n) is 9.52. The van der Waals surface area contributed by atoms with Gasteiger partial charge in [0.15, 0.2) is 22.6 Å². The number of methoxy groups -OCH3 is 1. The van der Waals surface area contributed by atoms with E-state index in [0.29, 0.717) is 27.5 Å². The second-order valence-electron chi connectivity index (χ2n) is 6.78. The molecule has 4 rings (SSSR count). The Morgan fingerprint density at radius 2 is 1.84 bits per heavy atom. The zero-order chi connectivity index (χ0) is 22.7. The second-order valence-corrected chi connectivity index (χ2v) is 8.19. The van der Waals surface area contributed by atoms with Crippen LogP contribution in [-0.4, -0.2) is 22.1 Å². The van der Waals surface area contributed by atoms with E-state index < -0.39 is 11.6 Å². The van der Waals surface area contributed by atoms with Gasteiger partial charge in [0.1, 0.15) is 10.8 Å². The lowest BCUT2D eigenvalue weighted by Gasteiger charge is -2.09. The molecule has 0 aliphatic heterocycles. The molecule has 6 nitrogen and oxygen atoms in total. The van der Waals surface area contributed by atoms with Crippen LogP contribution >= 0.6 is 22.9 Å². The summed E-state index contributed by atoms with van der Waals surface area (Å²) in [6.45, 7) is 2.14. The van der Waals surface area contributed by atoms with Gasteiger partial charge in [-0.3, -0.25) is 5.32 Å². The number of hydrogen-bond donors (Lipinski definition) is 2. The SMILES string of the molecule is COc1ccc(-c2sc(Nc3ncc(Cl)c(NCc4ccc(F)c(F)c4)n3)nc2C)cc1. The number of nitrogens with one attached hydrogen (secondary N) is 2. The lowest BCUT2D eigenvalue weighted by Crippen LogP contribution is -2.05. The van der Waals surface area contributed by atoms with Gasteiger partial charge in [0.05, 0.1) is 23.9 Å². The topological polar surface area (TPSA) is 72.0 Å². The third kappa shape index (κ3) is 4.95. The minimum Gasteiger partial charge on any atom is -0.497 e. The lowest BCUT2D eigenvalue weighted by molar-refractivity contribution is 0.415. The van der Waals surface area contributed by atoms with Crippen LogP contribution in [0.4, 0.5) is 25.7 Å². The van der Waals surface area contributed by atoms with Crippen molar-refractivity contribution < 1.29 is 13.5 Å². The summed E-state index contributed by atoms with van der Waals surface area (Å²) in [7, 11) is 1.63. The van der Waals surface area contributed by atoms with E-state index in [2.05, 4.69) is 25.6 Å². The van der Waals surface area contributed by atoms with Gasteiger partial charge < -0.3 is 10.1 Å². The Bertz CT molecular complexity index is 1250. The summed E-state index contributed by atoms with van der Waals surface area (Å²) in [5.74, 6) is -0.359. The largest absolute Gasteiger partial charge is 0.497 e. The molecule has 0 unspecified atom stereocenters. The number of ether oxygens (including phenoxy) is 1. The van der Waals surface area contributed by atoms with Crippen molar-refractivity contribution in [2.45, 2.75) is 13.5 Å². The van der Waals surface area contributed by atoms with Crippen LogP contribution in [0.5, 0.6) is 5.75 Å². The Kier molecular flexibility index (Phi) is 6.48. The number of rotatable bonds is 7. The van der Waals surface area contributed by atoms with Crippen molar-refractivity contribution in [1.29, 1.82) is 0 Å². The maximum atomic E-state index is 13.4. The Hall–Kier alpha value is -3.30. The van der Waals surface area contributed by atoms with Gasteiger partial charge >= 0.3 is 0 Å². The Balaban J connectivity index is 1.49. The molecule has 4 aromatic rings. The van der Waals surface area contributed by atoms with Crippen LogP contribution in [0.15, 0.2) is 48.7 Å². The van der Waals surface area contributed by atoms with E-state index >= 15 is 0 Å². The van der Waals surface area contributed by atoms with Crippen LogP contribution in [-0.2, 0) is 6.54 Å². The molecule has 0 fully saturated rings. The van der Waals surface area contributed by atoms with Crippen LogP contribution in [0.3, 0.4) is 0 Å². The van der Waals surface area contributed by atoms with Crippen LogP contribution in [0.2, 0.25) is 5.02 Å². The molecule has 32 heavy (non-hydrogen) atoms. The van der Waals surface area contributed by atoms with Crippen LogP contribution in [0.1, 0.15) is 11.3 Å². The maximum Gasteiger partial charge on any atom is 0.231 e. The van der Waals surface area contributed by atoms with E-state index in [1.54, 1.807) is 7.11 Å². The zero-order valence-corrected chi connectivity index (χ0v) is 18.7. The van der Waals surface area contributed by atoms with Gasteiger partial charge in [-0.2, -0.15) is 4.98 Å². The van der Waals surface area contributed by atoms with Gasteiger partial charge in [-0.25, -0.2) is 18.7 Å². The first-order chi connectivity index (χ1) is 15.4. The van der Waals surface area contributed by atoms with Crippen LogP contribution < -0.4 is 15.4 Å². The van der Waals surface area contributed by atoms with E-state index in [1.165, 1.54) is 23.6 Å². The zero-order valence-electron chi connectivity index (χ0n) is 17.1. The van der Waals surface area contributed by atoms with Crippen molar-refractivity contribution in [3.63, 3.8) is 0 Å². The molecule has 0 amide bonds. The molecule has 2 heterocycles. The summed E-state index contributed by atoms with van der Waals surface area (Å²) < 4.78 is 31.7. The summed E-state index contributed by atoms with van der Waals surface area (Å²) in [6.07, 6.45) is 1.45. The fourth-order valence-corrected chi connectivity index (χ4v) is 4.07. The van der Waals surface area contributed by atoms with Gasteiger partial charge in [0.2, 0.25) is 5.95 Å². The summed E-state index contributed by atoms with van der Waals surface area (Å²) in [5.41, 5.74) is 2.45. The number of thiazole rings is 1. The molecule has 0 saturated carbocycles. The van der Waals surface area contributed by atoms with E-state index in [0.717, 1.165) is 34.0 Å². The molecule has 10 heteroatoms. The number of anilines is 3. The van der Waals surface area contributed by atoms with E-state index in [9.17, 15) is 8.78 Å². The lowest BCUT2D eigenvalue weighted by atomic mass is 10.1. The third-order valence-corrected chi connectivity index (χ3v) is 5.95. The molecular weight excluding hydrogens is 456 g/mol. The number of halogens is 3. The van der Waals surface area contributed by atoms with E-state index in [4.69, 9.17) is 16.3 Å². The van der Waals surface area contributed by atoms with Crippen molar-refractivity contribution in [3.8, 4) is 16.2 Å². The van der Waals surface area contributed by atoms with E-state index in [1.807, 2.05) is 31.2 Å². The fourth-order valence-electron chi connectivity index (χ4n) is 2.94. The van der Waals surface area contributed by atoms with E-state index in [-0.39, 0.29) is 6.54 Å². The molecule has 2 aromatic carbocycles. The van der Waals surface area contributed by atoms with Crippen molar-refractivity contribution in [1.82, 2.24) is 15.0 Å². The average molecular weight is 474 g/mol. The highest BCUT2D eigenvalue weighted by molar-refractivity contribution is 7.19. The van der Waals surface area contributed by atoms with Crippen molar-refractivity contribution in [2.75, 3.05) is 17.7 Å². The van der Waals surface area contributed by atoms with Crippen LogP contribution in [0.25, 0.3) is 10.4 Å². The molecule has 164 valence electrons. The van der Waals surface area contributed by atoms with Gasteiger partial charge in [-0.15, -0.1) is 0 Å². The summed E-state index contributed by atoms with van der Waals surface area (Å²) in [5, 5.41) is 7.03. The molecule has 0 spiro atoms. The highest BCUT2D eigenvalue weighted by atomic mass is 35.5. The standard InChI is InChI=1S/C22H18ClF2N5OS/c1-12-19(14-4-6-15(31-2)7-5-14)32-22(28-12)30-21-27-11-16(23)20(29-21)26-10-13-3-8-17(24)18(25)9-13/h3-9,11H,10H2,1-2H3,(H2,26,27,28,29,30). The predicted molar refractivity (Wildman–Crippen MR) is 123 cm³/mol. The first kappa shape index (κ1) is 21.9. The summed E-state index contributed by atoms with van der Waals surface area (Å²) in [6, 6.07) is 11.4. The molecule has 0 atom stereocenters. The number of aryl methyl sites for hydroxylation is 1. The fraction of sp³-hybridized carbons (Fsp3) is 0.136. The molecule has 0 aliphatic carbocycles. The monoisotopic (exact) mass is 473 g/mol. The normalized spacial score (nSPS) is 10.8. The second kappa shape index (κ2) is 9.46. The summed E-state index contributed by atoms with van der Waals surface area (Å²) in [4.78, 5) is 14.1. The minimum atomic E-state index is -0.910. The van der Waals surface area contributed by atoms with Crippen molar-refractivity contribution in [2.24, 2.45) is 0 Å². The average Bonchev–Trinajstić information content (AvgIpc) is 3.16. The maximum absolute atomic E-state index is 13.4. The third-order valence-electron chi connectivity index (χ3n) is 4.56. The Labute approximate surface area is 192 Å². The molecule has 0 bridgehead atoms. The highest BCUT2D eigenvalue weighted by Gasteiger charge is 2.13. The first-order valence-corrected chi connectivity index (χ1v) is 10.7. The Morgan fingerprint density at radius 1 is 1.06 bits per heavy atom. The van der Waals surface area contributed by atoms with Gasteiger partial charge in [0, 0.05) is 6.54 Å². The Morgan fingerprint density at radius 3 is 2.56 bits per heavy atom. The van der Waals surface area contributed by atoms with Gasteiger partial charge in [0.25, 0.3) is 0 Å². The predicted octanol–water partition coefficient (Wildman–Crippen LogP) is 6.20. The molecule has 2 N–H and O–H groups in total. The number of benzene rings is 2. The number of hydrogen-bond acceptors (Lipinski definition) is 7. The van der Waals surface area contributed by atoms with Crippen LogP contribution in [0, 0.1) is 18.6 Å². The van der Waals surface area contributed by atoms with Gasteiger partial charge in [-0.05, 0) is 54.4 Å². The van der Waals surface area contributed by atoms with Gasteiger partial charge in [-0.1, -0.05) is 29.0 Å². The molecule has 0 saturated heterocycles. The molecule has 0 radical (unpaired) electrons.